The molecule has 0 radical (unpaired) electrons. The number of rotatable bonds is 7. The van der Waals surface area contributed by atoms with Crippen LogP contribution in [0, 0.1) is 6.92 Å². The van der Waals surface area contributed by atoms with Crippen LogP contribution in [0.1, 0.15) is 33.1 Å². The fourth-order valence-corrected chi connectivity index (χ4v) is 0.977. The zero-order valence-electron chi connectivity index (χ0n) is 11.1. The monoisotopic (exact) mass is 255 g/mol. The smallest absolute Gasteiger partial charge is 0.481 e. The number of carboxylic acid groups (broad SMARTS) is 2. The van der Waals surface area contributed by atoms with Crippen molar-refractivity contribution in [1.29, 1.82) is 0 Å². The Morgan fingerprint density at radius 3 is 1.53 bits per heavy atom. The van der Waals surface area contributed by atoms with Gasteiger partial charge < -0.3 is 22.0 Å². The average molecular weight is 255 g/mol. The molecule has 6 heteroatoms. The van der Waals surface area contributed by atoms with Gasteiger partial charge in [0, 0.05) is 0 Å². The molecule has 0 aromatic carbocycles. The van der Waals surface area contributed by atoms with E-state index < -0.39 is 11.9 Å². The van der Waals surface area contributed by atoms with Crippen LogP contribution in [0.25, 0.3) is 0 Å². The van der Waals surface area contributed by atoms with Crippen LogP contribution >= 0.6 is 0 Å². The van der Waals surface area contributed by atoms with Crippen LogP contribution in [0.2, 0.25) is 0 Å². The molecule has 0 rings (SSSR count). The summed E-state index contributed by atoms with van der Waals surface area (Å²) < 4.78 is 0. The van der Waals surface area contributed by atoms with Crippen molar-refractivity contribution in [3.63, 3.8) is 0 Å². The molecule has 0 saturated heterocycles. The molecule has 0 spiro atoms. The van der Waals surface area contributed by atoms with E-state index in [4.69, 9.17) is 10.2 Å². The Balaban J connectivity index is -0.000000218. The van der Waals surface area contributed by atoms with E-state index in [2.05, 4.69) is 25.7 Å². The molecule has 0 atom stereocenters. The third-order valence-corrected chi connectivity index (χ3v) is 1.92. The summed E-state index contributed by atoms with van der Waals surface area (Å²) in [5.41, 5.74) is 0. The van der Waals surface area contributed by atoms with Crippen LogP contribution in [0.4, 0.5) is 0 Å². The van der Waals surface area contributed by atoms with Crippen molar-refractivity contribution < 1.29 is 49.4 Å². The summed E-state index contributed by atoms with van der Waals surface area (Å²) >= 11 is 0. The van der Waals surface area contributed by atoms with Gasteiger partial charge in [0.05, 0.1) is 12.8 Å². The third-order valence-electron chi connectivity index (χ3n) is 1.92. The number of hydrogen-bond donors (Lipinski definition) is 2. The molecule has 17 heavy (non-hydrogen) atoms. The molecule has 0 heterocycles. The maximum atomic E-state index is 9.64. The summed E-state index contributed by atoms with van der Waals surface area (Å²) in [4.78, 5) is 21.6. The van der Waals surface area contributed by atoms with Gasteiger partial charge in [-0.05, 0) is 19.6 Å². The first-order valence-electron chi connectivity index (χ1n) is 5.43. The second kappa shape index (κ2) is 15.9. The minimum absolute atomic E-state index is 0. The Morgan fingerprint density at radius 2 is 1.41 bits per heavy atom. The summed E-state index contributed by atoms with van der Waals surface area (Å²) in [5, 5.41) is 15.8. The second-order valence-corrected chi connectivity index (χ2v) is 3.17. The molecule has 0 aromatic heterocycles. The maximum Gasteiger partial charge on any atom is 1.00 e. The second-order valence-electron chi connectivity index (χ2n) is 3.17. The van der Waals surface area contributed by atoms with Crippen LogP contribution in [-0.2, 0) is 9.59 Å². The summed E-state index contributed by atoms with van der Waals surface area (Å²) in [6.07, 6.45) is 0.437. The molecule has 5 nitrogen and oxygen atoms in total. The zero-order valence-corrected chi connectivity index (χ0v) is 13.1. The number of nitrogens with zero attached hydrogens (tertiary/aromatic N) is 1. The number of carbonyl (C=O) groups is 2. The topological polar surface area (TPSA) is 77.8 Å². The molecule has 0 bridgehead atoms. The first-order chi connectivity index (χ1) is 7.47. The van der Waals surface area contributed by atoms with Gasteiger partial charge in [0.15, 0.2) is 0 Å². The molecule has 96 valence electrons. The molecule has 0 saturated carbocycles. The first-order valence-corrected chi connectivity index (χ1v) is 5.43. The van der Waals surface area contributed by atoms with Crippen molar-refractivity contribution in [3.05, 3.63) is 6.92 Å². The van der Waals surface area contributed by atoms with Gasteiger partial charge in [-0.25, -0.2) is 0 Å². The Kier molecular flexibility index (Phi) is 20.7. The average Bonchev–Trinajstić information content (AvgIpc) is 2.24. The minimum Gasteiger partial charge on any atom is -0.481 e. The van der Waals surface area contributed by atoms with E-state index in [1.165, 1.54) is 0 Å². The Bertz CT molecular complexity index is 182. The molecular formula is C11H22NNaO4. The SMILES string of the molecule is O=C(O)CCC(=O)O.[CH2-]CCN(CC)CC.[Na+]. The molecule has 0 aliphatic carbocycles. The molecule has 0 fully saturated rings. The van der Waals surface area contributed by atoms with E-state index >= 15 is 0 Å². The number of aliphatic carboxylic acids is 2. The van der Waals surface area contributed by atoms with Crippen molar-refractivity contribution in [2.75, 3.05) is 19.6 Å². The molecule has 0 aliphatic rings. The van der Waals surface area contributed by atoms with Crippen molar-refractivity contribution in [1.82, 2.24) is 4.90 Å². The number of hydrogen-bond acceptors (Lipinski definition) is 3. The van der Waals surface area contributed by atoms with E-state index in [0.717, 1.165) is 26.1 Å². The van der Waals surface area contributed by atoms with Gasteiger partial charge >= 0.3 is 41.5 Å². The quantitative estimate of drug-likeness (QED) is 0.427. The van der Waals surface area contributed by atoms with Gasteiger partial charge in [-0.2, -0.15) is 6.42 Å². The van der Waals surface area contributed by atoms with Crippen molar-refractivity contribution in [3.8, 4) is 0 Å². The van der Waals surface area contributed by atoms with Gasteiger partial charge in [0.25, 0.3) is 0 Å². The van der Waals surface area contributed by atoms with Crippen LogP contribution < -0.4 is 29.6 Å². The van der Waals surface area contributed by atoms with Crippen molar-refractivity contribution in [2.45, 2.75) is 33.1 Å². The molecule has 0 unspecified atom stereocenters. The maximum absolute atomic E-state index is 9.64. The first kappa shape index (κ1) is 22.1. The zero-order chi connectivity index (χ0) is 13.0. The number of carboxylic acids is 2. The summed E-state index contributed by atoms with van der Waals surface area (Å²) in [6, 6.07) is 0. The normalized spacial score (nSPS) is 8.94. The van der Waals surface area contributed by atoms with Crippen LogP contribution in [0.15, 0.2) is 0 Å². The Hall–Kier alpha value is -0.100. The van der Waals surface area contributed by atoms with E-state index in [-0.39, 0.29) is 42.4 Å². The third kappa shape index (κ3) is 21.7. The van der Waals surface area contributed by atoms with Gasteiger partial charge in [0.1, 0.15) is 0 Å². The molecule has 0 aromatic rings. The molecule has 2 N–H and O–H groups in total. The van der Waals surface area contributed by atoms with Crippen molar-refractivity contribution in [2.24, 2.45) is 0 Å². The van der Waals surface area contributed by atoms with Crippen molar-refractivity contribution >= 4 is 11.9 Å². The van der Waals surface area contributed by atoms with Crippen LogP contribution in [0.5, 0.6) is 0 Å². The predicted octanol–water partition coefficient (Wildman–Crippen LogP) is -1.51. The van der Waals surface area contributed by atoms with E-state index in [1.807, 2.05) is 0 Å². The fourth-order valence-electron chi connectivity index (χ4n) is 0.977. The fraction of sp³-hybridized carbons (Fsp3) is 0.727. The minimum atomic E-state index is -1.08. The van der Waals surface area contributed by atoms with E-state index in [0.29, 0.717) is 0 Å². The molecule has 0 amide bonds. The van der Waals surface area contributed by atoms with E-state index in [9.17, 15) is 9.59 Å². The van der Waals surface area contributed by atoms with Crippen LogP contribution in [0.3, 0.4) is 0 Å². The van der Waals surface area contributed by atoms with Crippen LogP contribution in [-0.4, -0.2) is 46.7 Å². The van der Waals surface area contributed by atoms with Gasteiger partial charge in [-0.1, -0.05) is 13.8 Å². The summed E-state index contributed by atoms with van der Waals surface area (Å²) in [6.45, 7) is 11.6. The van der Waals surface area contributed by atoms with Gasteiger partial charge in [-0.15, -0.1) is 0 Å². The Labute approximate surface area is 125 Å². The molecule has 0 aliphatic heterocycles. The van der Waals surface area contributed by atoms with E-state index in [1.54, 1.807) is 0 Å². The molecular weight excluding hydrogens is 233 g/mol. The largest absolute Gasteiger partial charge is 1.00 e. The standard InChI is InChI=1S/C7H16N.C4H6O4.Na/c1-4-7-8(5-2)6-3;5-3(6)1-2-4(7)8;/h1,4-7H2,2-3H3;1-2H2,(H,5,6)(H,7,8);/q-1;;+1. The summed E-state index contributed by atoms with van der Waals surface area (Å²) in [5.74, 6) is -2.15. The Morgan fingerprint density at radius 1 is 1.06 bits per heavy atom. The van der Waals surface area contributed by atoms with Gasteiger partial charge in [-0.3, -0.25) is 9.59 Å². The summed E-state index contributed by atoms with van der Waals surface area (Å²) in [7, 11) is 0. The van der Waals surface area contributed by atoms with Gasteiger partial charge in [0.2, 0.25) is 0 Å². The predicted molar refractivity (Wildman–Crippen MR) is 62.3 cm³/mol.